The fraction of sp³-hybridized carbons (Fsp3) is 1.00. The van der Waals surface area contributed by atoms with Gasteiger partial charge in [-0.1, -0.05) is 58.8 Å². The zero-order chi connectivity index (χ0) is 18.5. The molecule has 1 rings (SSSR count). The van der Waals surface area contributed by atoms with E-state index in [-0.39, 0.29) is 5.92 Å². The number of rotatable bonds is 16. The summed E-state index contributed by atoms with van der Waals surface area (Å²) < 4.78 is 22.8. The maximum Gasteiger partial charge on any atom is 0.285 e. The largest absolute Gasteiger partial charge is 0.378 e. The van der Waals surface area contributed by atoms with Crippen molar-refractivity contribution in [3.63, 3.8) is 0 Å². The summed E-state index contributed by atoms with van der Waals surface area (Å²) in [6, 6.07) is 0. The van der Waals surface area contributed by atoms with Gasteiger partial charge < -0.3 is 18.9 Å². The van der Waals surface area contributed by atoms with Gasteiger partial charge in [0.15, 0.2) is 0 Å². The Balaban J connectivity index is 2.54. The van der Waals surface area contributed by atoms with Crippen LogP contribution in [0.1, 0.15) is 84.5 Å². The number of methoxy groups -OCH3 is 3. The van der Waals surface area contributed by atoms with Crippen molar-refractivity contribution in [3.05, 3.63) is 0 Å². The molecule has 25 heavy (non-hydrogen) atoms. The van der Waals surface area contributed by atoms with E-state index in [4.69, 9.17) is 18.9 Å². The Morgan fingerprint density at radius 1 is 0.880 bits per heavy atom. The third-order valence-corrected chi connectivity index (χ3v) is 5.93. The van der Waals surface area contributed by atoms with Crippen molar-refractivity contribution in [3.8, 4) is 0 Å². The smallest absolute Gasteiger partial charge is 0.285 e. The first-order valence-electron chi connectivity index (χ1n) is 10.4. The van der Waals surface area contributed by atoms with Gasteiger partial charge >= 0.3 is 0 Å². The molecule has 0 aromatic carbocycles. The maximum atomic E-state index is 5.72. The van der Waals surface area contributed by atoms with Gasteiger partial charge in [-0.05, 0) is 31.6 Å². The average Bonchev–Trinajstić information content (AvgIpc) is 2.60. The summed E-state index contributed by atoms with van der Waals surface area (Å²) in [6.07, 6.45) is 14.0. The molecule has 0 bridgehead atoms. The summed E-state index contributed by atoms with van der Waals surface area (Å²) in [7, 11) is 5.06. The predicted molar refractivity (Wildman–Crippen MR) is 103 cm³/mol. The molecular weight excluding hydrogens is 316 g/mol. The van der Waals surface area contributed by atoms with Crippen LogP contribution in [0, 0.1) is 11.8 Å². The Bertz CT molecular complexity index is 305. The van der Waals surface area contributed by atoms with E-state index in [9.17, 15) is 0 Å². The van der Waals surface area contributed by atoms with Crippen molar-refractivity contribution in [2.45, 2.75) is 96.6 Å². The summed E-state index contributed by atoms with van der Waals surface area (Å²) in [5.74, 6) is -0.0146. The van der Waals surface area contributed by atoms with Gasteiger partial charge in [0.05, 0.1) is 6.10 Å². The highest BCUT2D eigenvalue weighted by Crippen LogP contribution is 2.36. The molecule has 0 saturated carbocycles. The van der Waals surface area contributed by atoms with Gasteiger partial charge in [-0.3, -0.25) is 0 Å². The zero-order valence-electron chi connectivity index (χ0n) is 17.4. The van der Waals surface area contributed by atoms with Crippen LogP contribution in [0.3, 0.4) is 0 Å². The lowest BCUT2D eigenvalue weighted by atomic mass is 9.84. The second-order valence-electron chi connectivity index (χ2n) is 7.41. The molecule has 0 radical (unpaired) electrons. The highest BCUT2D eigenvalue weighted by Gasteiger charge is 2.40. The average molecular weight is 359 g/mol. The molecule has 0 aliphatic carbocycles. The van der Waals surface area contributed by atoms with E-state index in [0.717, 1.165) is 25.9 Å². The van der Waals surface area contributed by atoms with E-state index < -0.39 is 5.97 Å². The van der Waals surface area contributed by atoms with Gasteiger partial charge in [0.25, 0.3) is 5.97 Å². The standard InChI is InChI=1S/C21H42O4/c1-6-8-9-10-11-12-13-19(21(22-3,23-4)24-5)15-14-18(7-2)20-16-17-25-20/h18-20H,6-17H2,1-5H3. The minimum absolute atomic E-state index is 0.257. The molecule has 0 spiro atoms. The van der Waals surface area contributed by atoms with Gasteiger partial charge in [-0.15, -0.1) is 0 Å². The van der Waals surface area contributed by atoms with Crippen molar-refractivity contribution in [2.24, 2.45) is 11.8 Å². The molecule has 1 saturated heterocycles. The summed E-state index contributed by atoms with van der Waals surface area (Å²) >= 11 is 0. The Morgan fingerprint density at radius 3 is 1.96 bits per heavy atom. The maximum absolute atomic E-state index is 5.72. The minimum Gasteiger partial charge on any atom is -0.378 e. The fourth-order valence-electron chi connectivity index (χ4n) is 4.11. The topological polar surface area (TPSA) is 36.9 Å². The van der Waals surface area contributed by atoms with Crippen LogP contribution in [0.25, 0.3) is 0 Å². The number of ether oxygens (including phenoxy) is 4. The fourth-order valence-corrected chi connectivity index (χ4v) is 4.11. The third-order valence-electron chi connectivity index (χ3n) is 5.93. The summed E-state index contributed by atoms with van der Waals surface area (Å²) in [4.78, 5) is 0. The van der Waals surface area contributed by atoms with Crippen molar-refractivity contribution in [2.75, 3.05) is 27.9 Å². The highest BCUT2D eigenvalue weighted by molar-refractivity contribution is 4.79. The normalized spacial score (nSPS) is 20.3. The first kappa shape index (κ1) is 22.9. The van der Waals surface area contributed by atoms with E-state index in [1.807, 2.05) is 0 Å². The highest BCUT2D eigenvalue weighted by atomic mass is 16.9. The van der Waals surface area contributed by atoms with E-state index >= 15 is 0 Å². The van der Waals surface area contributed by atoms with Gasteiger partial charge in [-0.25, -0.2) is 0 Å². The van der Waals surface area contributed by atoms with Crippen LogP contribution in [0.5, 0.6) is 0 Å². The Kier molecular flexibility index (Phi) is 12.0. The van der Waals surface area contributed by atoms with Crippen molar-refractivity contribution in [1.29, 1.82) is 0 Å². The molecule has 1 aliphatic heterocycles. The van der Waals surface area contributed by atoms with Crippen LogP contribution in [-0.2, 0) is 18.9 Å². The first-order chi connectivity index (χ1) is 12.2. The van der Waals surface area contributed by atoms with Crippen LogP contribution in [0.2, 0.25) is 0 Å². The number of hydrogen-bond acceptors (Lipinski definition) is 4. The summed E-state index contributed by atoms with van der Waals surface area (Å²) in [6.45, 7) is 5.46. The molecule has 0 N–H and O–H groups in total. The molecular formula is C21H42O4. The SMILES string of the molecule is CCCCCCCCC(CCC(CC)C1CCO1)C(OC)(OC)OC. The van der Waals surface area contributed by atoms with E-state index in [1.165, 1.54) is 51.4 Å². The Labute approximate surface area is 155 Å². The van der Waals surface area contributed by atoms with Gasteiger partial charge in [0, 0.05) is 33.9 Å². The van der Waals surface area contributed by atoms with Crippen LogP contribution >= 0.6 is 0 Å². The van der Waals surface area contributed by atoms with E-state index in [0.29, 0.717) is 12.0 Å². The van der Waals surface area contributed by atoms with Crippen molar-refractivity contribution in [1.82, 2.24) is 0 Å². The van der Waals surface area contributed by atoms with Crippen LogP contribution in [-0.4, -0.2) is 40.0 Å². The molecule has 1 fully saturated rings. The quantitative estimate of drug-likeness (QED) is 0.268. The molecule has 4 heteroatoms. The number of unbranched alkanes of at least 4 members (excludes halogenated alkanes) is 5. The van der Waals surface area contributed by atoms with Crippen LogP contribution in [0.15, 0.2) is 0 Å². The van der Waals surface area contributed by atoms with Crippen LogP contribution in [0.4, 0.5) is 0 Å². The number of hydrogen-bond donors (Lipinski definition) is 0. The molecule has 3 atom stereocenters. The van der Waals surface area contributed by atoms with Crippen molar-refractivity contribution < 1.29 is 18.9 Å². The second kappa shape index (κ2) is 13.1. The van der Waals surface area contributed by atoms with Gasteiger partial charge in [-0.2, -0.15) is 0 Å². The molecule has 1 heterocycles. The lowest BCUT2D eigenvalue weighted by Crippen LogP contribution is -2.44. The predicted octanol–water partition coefficient (Wildman–Crippen LogP) is 5.54. The zero-order valence-corrected chi connectivity index (χ0v) is 17.4. The van der Waals surface area contributed by atoms with Gasteiger partial charge in [0.1, 0.15) is 0 Å². The Hall–Kier alpha value is -0.160. The molecule has 3 unspecified atom stereocenters. The molecule has 150 valence electrons. The molecule has 0 amide bonds. The third kappa shape index (κ3) is 7.16. The molecule has 0 aromatic rings. The summed E-state index contributed by atoms with van der Waals surface area (Å²) in [5.41, 5.74) is 0. The van der Waals surface area contributed by atoms with Crippen LogP contribution < -0.4 is 0 Å². The second-order valence-corrected chi connectivity index (χ2v) is 7.41. The van der Waals surface area contributed by atoms with E-state index in [1.54, 1.807) is 21.3 Å². The first-order valence-corrected chi connectivity index (χ1v) is 10.4. The summed E-state index contributed by atoms with van der Waals surface area (Å²) in [5, 5.41) is 0. The minimum atomic E-state index is -0.915. The monoisotopic (exact) mass is 358 g/mol. The lowest BCUT2D eigenvalue weighted by Gasteiger charge is -2.39. The Morgan fingerprint density at radius 2 is 1.48 bits per heavy atom. The molecule has 4 nitrogen and oxygen atoms in total. The van der Waals surface area contributed by atoms with Crippen molar-refractivity contribution >= 4 is 0 Å². The van der Waals surface area contributed by atoms with Gasteiger partial charge in [0.2, 0.25) is 0 Å². The van der Waals surface area contributed by atoms with E-state index in [2.05, 4.69) is 13.8 Å². The molecule has 1 aliphatic rings. The molecule has 0 aromatic heterocycles. The lowest BCUT2D eigenvalue weighted by molar-refractivity contribution is -0.380.